The molecule has 72 heavy (non-hydrogen) atoms. The van der Waals surface area contributed by atoms with Crippen LogP contribution in [0.1, 0.15) is 123 Å². The van der Waals surface area contributed by atoms with E-state index in [0.29, 0.717) is 45.4 Å². The number of nitrogens with one attached hydrogen (secondary N) is 2. The van der Waals surface area contributed by atoms with Crippen molar-refractivity contribution in [3.05, 3.63) is 53.3 Å². The number of nitrogens with zero attached hydrogens (tertiary/aromatic N) is 6. The van der Waals surface area contributed by atoms with Crippen molar-refractivity contribution in [2.75, 3.05) is 73.7 Å². The highest BCUT2D eigenvalue weighted by atomic mass is 16.5. The molecular formula is C57H82N8O7. The van der Waals surface area contributed by atoms with E-state index in [9.17, 15) is 14.4 Å². The van der Waals surface area contributed by atoms with E-state index in [1.165, 1.54) is 16.5 Å². The van der Waals surface area contributed by atoms with Crippen LogP contribution in [0.15, 0.2) is 36.5 Å². The summed E-state index contributed by atoms with van der Waals surface area (Å²) in [7, 11) is 5.59. The zero-order valence-electron chi connectivity index (χ0n) is 45.0. The fraction of sp³-hybridized carbons (Fsp3) is 0.667. The van der Waals surface area contributed by atoms with Crippen LogP contribution in [0.5, 0.6) is 0 Å². The number of ether oxygens (including phenoxy) is 3. The van der Waals surface area contributed by atoms with Crippen LogP contribution in [-0.4, -0.2) is 150 Å². The summed E-state index contributed by atoms with van der Waals surface area (Å²) >= 11 is 0. The third-order valence-corrected chi connectivity index (χ3v) is 16.3. The fourth-order valence-corrected chi connectivity index (χ4v) is 11.1. The van der Waals surface area contributed by atoms with Crippen molar-refractivity contribution in [3.8, 4) is 23.1 Å². The van der Waals surface area contributed by atoms with Gasteiger partial charge in [-0.2, -0.15) is 0 Å². The minimum atomic E-state index is -0.851. The Hall–Kier alpha value is -4.85. The molecule has 3 amide bonds. The van der Waals surface area contributed by atoms with E-state index < -0.39 is 28.8 Å². The number of hydrogen-bond donors (Lipinski definition) is 2. The molecule has 1 saturated carbocycles. The first kappa shape index (κ1) is 53.4. The highest BCUT2D eigenvalue weighted by Crippen LogP contribution is 2.43. The second-order valence-electron chi connectivity index (χ2n) is 23.2. The lowest BCUT2D eigenvalue weighted by Crippen LogP contribution is -2.61. The molecular weight excluding hydrogens is 909 g/mol. The van der Waals surface area contributed by atoms with Crippen LogP contribution >= 0.6 is 0 Å². The molecule has 2 N–H and O–H groups in total. The van der Waals surface area contributed by atoms with Gasteiger partial charge in [-0.25, -0.2) is 5.43 Å². The maximum absolute atomic E-state index is 15.1. The lowest BCUT2D eigenvalue weighted by Gasteiger charge is -2.39. The second-order valence-corrected chi connectivity index (χ2v) is 23.2. The maximum Gasteiger partial charge on any atom is 0.310 e. The molecule has 5 aliphatic rings. The number of methoxy groups -OCH3 is 1. The first-order chi connectivity index (χ1) is 34.3. The van der Waals surface area contributed by atoms with Crippen LogP contribution in [0.2, 0.25) is 0 Å². The number of benzene rings is 1. The predicted molar refractivity (Wildman–Crippen MR) is 279 cm³/mol. The van der Waals surface area contributed by atoms with Gasteiger partial charge in [-0.3, -0.25) is 34.1 Å². The van der Waals surface area contributed by atoms with E-state index >= 15 is 4.79 Å². The van der Waals surface area contributed by atoms with Gasteiger partial charge in [0.05, 0.1) is 54.2 Å². The SMILES string of the molecule is CCn1c(-c2cccnc2[C@H](C)OC)c2c3cc(ccc31)C1CCCN(CC(NC(=O)[C@@H](COC3CN(C(=O)C#CC(C)(C)N(C)C)C3)C(C)C)C(=O)N3CCC[C@@H](C(=O)OCC(C)(C)C2)C(C2CC2)N3)C1. The number of carbonyl (C=O) groups excluding carboxylic acids is 4. The summed E-state index contributed by atoms with van der Waals surface area (Å²) in [5, 5.41) is 6.15. The number of esters is 1. The van der Waals surface area contributed by atoms with E-state index in [0.717, 1.165) is 67.8 Å². The van der Waals surface area contributed by atoms with Crippen LogP contribution in [0.3, 0.4) is 0 Å². The Morgan fingerprint density at radius 2 is 1.78 bits per heavy atom. The van der Waals surface area contributed by atoms with Crippen LogP contribution in [0.4, 0.5) is 0 Å². The summed E-state index contributed by atoms with van der Waals surface area (Å²) in [4.78, 5) is 67.9. The van der Waals surface area contributed by atoms with E-state index in [4.69, 9.17) is 19.2 Å². The number of cyclic esters (lactones) is 1. The number of hydrazine groups is 1. The highest BCUT2D eigenvalue weighted by Gasteiger charge is 2.45. The summed E-state index contributed by atoms with van der Waals surface area (Å²) in [5.74, 6) is 4.38. The normalized spacial score (nSPS) is 25.2. The standard InChI is InChI=1S/C57H82N8O7/c1-12-64-48-22-21-39-28-44(48)45(52(64)42-17-13-25-58-50(42)37(4)70-11)29-56(5,6)35-72-55(69)43-18-15-27-65(60-51(43)38-19-20-38)54(68)47(33-62-26-14-16-40(39)30-62)59-53(67)46(36(2)3)34-71-41-31-63(32-41)49(66)23-24-57(7,8)61(9)10/h13,17,21-22,25,28,36-38,40-41,43,46-47,51,60H,12,14-16,18-20,26-27,29-35H2,1-11H3,(H,59,67)/t37-,40?,43+,46-,47?,51?/m0/s1. The van der Waals surface area contributed by atoms with Crippen molar-refractivity contribution in [3.63, 3.8) is 0 Å². The first-order valence-electron chi connectivity index (χ1n) is 26.8. The van der Waals surface area contributed by atoms with Gasteiger partial charge in [0, 0.05) is 80.5 Å². The van der Waals surface area contributed by atoms with Crippen molar-refractivity contribution >= 4 is 34.6 Å². The quantitative estimate of drug-likeness (QED) is 0.150. The monoisotopic (exact) mass is 991 g/mol. The Bertz CT molecular complexity index is 2510. The smallest absolute Gasteiger partial charge is 0.310 e. The molecule has 392 valence electrons. The molecule has 1 aliphatic carbocycles. The summed E-state index contributed by atoms with van der Waals surface area (Å²) in [6.45, 7) is 20.8. The molecule has 0 radical (unpaired) electrons. The van der Waals surface area contributed by atoms with Crippen LogP contribution in [0, 0.1) is 40.9 Å². The fourth-order valence-electron chi connectivity index (χ4n) is 11.1. The maximum atomic E-state index is 15.1. The molecule has 3 saturated heterocycles. The highest BCUT2D eigenvalue weighted by molar-refractivity contribution is 5.95. The number of fused-ring (bicyclic) bond motifs is 7. The van der Waals surface area contributed by atoms with Gasteiger partial charge in [-0.1, -0.05) is 39.7 Å². The molecule has 2 aromatic heterocycles. The third-order valence-electron chi connectivity index (χ3n) is 16.3. The number of likely N-dealkylation sites (tertiary alicyclic amines) is 1. The van der Waals surface area contributed by atoms with Gasteiger partial charge in [0.2, 0.25) is 5.91 Å². The Morgan fingerprint density at radius 3 is 2.47 bits per heavy atom. The van der Waals surface area contributed by atoms with E-state index in [1.54, 1.807) is 17.0 Å². The first-order valence-corrected chi connectivity index (χ1v) is 26.8. The molecule has 6 bridgehead atoms. The number of aryl methyl sites for hydroxylation is 1. The topological polar surface area (TPSA) is 151 Å². The van der Waals surface area contributed by atoms with Gasteiger partial charge in [0.1, 0.15) is 6.04 Å². The molecule has 4 unspecified atom stereocenters. The minimum absolute atomic E-state index is 0.0805. The van der Waals surface area contributed by atoms with Crippen molar-refractivity contribution in [1.82, 2.24) is 40.0 Å². The van der Waals surface area contributed by atoms with Gasteiger partial charge in [0.15, 0.2) is 0 Å². The number of carbonyl (C=O) groups is 4. The van der Waals surface area contributed by atoms with Crippen LogP contribution in [0.25, 0.3) is 22.2 Å². The zero-order chi connectivity index (χ0) is 51.6. The molecule has 4 aliphatic heterocycles. The number of hydrogen-bond acceptors (Lipinski definition) is 11. The molecule has 6 heterocycles. The van der Waals surface area contributed by atoms with Gasteiger partial charge in [-0.05, 0) is 152 Å². The van der Waals surface area contributed by atoms with Crippen molar-refractivity contribution in [1.29, 1.82) is 0 Å². The van der Waals surface area contributed by atoms with Crippen LogP contribution in [-0.2, 0) is 46.4 Å². The summed E-state index contributed by atoms with van der Waals surface area (Å²) in [6, 6.07) is 9.96. The van der Waals surface area contributed by atoms with Gasteiger partial charge < -0.3 is 33.9 Å². The lowest BCUT2D eigenvalue weighted by molar-refractivity contribution is -0.154. The number of piperidine rings is 1. The Balaban J connectivity index is 1.10. The van der Waals surface area contributed by atoms with Crippen LogP contribution < -0.4 is 10.7 Å². The van der Waals surface area contributed by atoms with E-state index in [1.807, 2.05) is 65.9 Å². The van der Waals surface area contributed by atoms with Crippen molar-refractivity contribution in [2.24, 2.45) is 29.1 Å². The molecule has 1 aromatic carbocycles. The largest absolute Gasteiger partial charge is 0.465 e. The summed E-state index contributed by atoms with van der Waals surface area (Å²) in [5.41, 5.74) is 9.35. The number of aromatic nitrogens is 2. The number of amides is 3. The predicted octanol–water partition coefficient (Wildman–Crippen LogP) is 6.59. The summed E-state index contributed by atoms with van der Waals surface area (Å²) in [6.07, 6.45) is 7.17. The van der Waals surface area contributed by atoms with Crippen molar-refractivity contribution in [2.45, 2.75) is 143 Å². The summed E-state index contributed by atoms with van der Waals surface area (Å²) < 4.78 is 21.0. The van der Waals surface area contributed by atoms with Gasteiger partial charge in [-0.15, -0.1) is 0 Å². The number of pyridine rings is 1. The Labute approximate surface area is 428 Å². The number of rotatable bonds is 12. The molecule has 8 rings (SSSR count). The molecule has 3 aromatic rings. The zero-order valence-corrected chi connectivity index (χ0v) is 45.0. The third kappa shape index (κ3) is 11.9. The van der Waals surface area contributed by atoms with Gasteiger partial charge in [0.25, 0.3) is 11.8 Å². The minimum Gasteiger partial charge on any atom is -0.465 e. The Kier molecular flexibility index (Phi) is 16.6. The van der Waals surface area contributed by atoms with Gasteiger partial charge >= 0.3 is 5.97 Å². The lowest BCUT2D eigenvalue weighted by atomic mass is 9.83. The second kappa shape index (κ2) is 22.3. The molecule has 15 nitrogen and oxygen atoms in total. The molecule has 0 spiro atoms. The Morgan fingerprint density at radius 1 is 1.03 bits per heavy atom. The average molecular weight is 991 g/mol. The molecule has 15 heteroatoms. The molecule has 4 fully saturated rings. The average Bonchev–Trinajstić information content (AvgIpc) is 4.17. The molecule has 7 atom stereocenters. The van der Waals surface area contributed by atoms with E-state index in [-0.39, 0.29) is 72.9 Å². The van der Waals surface area contributed by atoms with Crippen molar-refractivity contribution < 1.29 is 33.4 Å². The van der Waals surface area contributed by atoms with E-state index in [2.05, 4.69) is 77.1 Å².